The van der Waals surface area contributed by atoms with Crippen LogP contribution >= 0.6 is 0 Å². The van der Waals surface area contributed by atoms with Gasteiger partial charge in [-0.15, -0.1) is 0 Å². The van der Waals surface area contributed by atoms with Crippen molar-refractivity contribution >= 4 is 28.4 Å². The Labute approximate surface area is 167 Å². The first-order valence-corrected chi connectivity index (χ1v) is 9.51. The first-order chi connectivity index (χ1) is 13.9. The van der Waals surface area contributed by atoms with E-state index in [2.05, 4.69) is 4.98 Å². The number of hydrogen-bond acceptors (Lipinski definition) is 6. The van der Waals surface area contributed by atoms with Crippen molar-refractivity contribution in [3.8, 4) is 0 Å². The number of aryl methyl sites for hydroxylation is 3. The number of carbonyl (C=O) groups is 1. The predicted octanol–water partition coefficient (Wildman–Crippen LogP) is 3.62. The molecule has 0 spiro atoms. The van der Waals surface area contributed by atoms with Gasteiger partial charge in [-0.05, 0) is 38.0 Å². The van der Waals surface area contributed by atoms with Crippen molar-refractivity contribution in [3.63, 3.8) is 0 Å². The number of nitrogens with zero attached hydrogens (tertiary/aromatic N) is 4. The maximum Gasteiger partial charge on any atom is 0.290 e. The zero-order chi connectivity index (χ0) is 20.7. The van der Waals surface area contributed by atoms with E-state index in [0.29, 0.717) is 37.8 Å². The van der Waals surface area contributed by atoms with Gasteiger partial charge in [0.2, 0.25) is 0 Å². The predicted molar refractivity (Wildman–Crippen MR) is 109 cm³/mol. The molecule has 4 rings (SSSR count). The number of aromatic nitrogens is 1. The number of hydrogen-bond donors (Lipinski definition) is 0. The SMILES string of the molecule is Cc1ccc(C)c2c(C)c(C(=O)N3CCN(c4ccc([N+](=O)[O-])cn4)CC3)oc12. The molecule has 0 N–H and O–H groups in total. The van der Waals surface area contributed by atoms with Crippen LogP contribution in [0.1, 0.15) is 27.2 Å². The smallest absolute Gasteiger partial charge is 0.290 e. The first-order valence-electron chi connectivity index (χ1n) is 9.51. The monoisotopic (exact) mass is 394 g/mol. The van der Waals surface area contributed by atoms with Crippen molar-refractivity contribution < 1.29 is 14.1 Å². The van der Waals surface area contributed by atoms with Crippen LogP contribution in [0, 0.1) is 30.9 Å². The fourth-order valence-electron chi connectivity index (χ4n) is 3.83. The lowest BCUT2D eigenvalue weighted by Crippen LogP contribution is -2.49. The number of anilines is 1. The highest BCUT2D eigenvalue weighted by Gasteiger charge is 2.28. The molecule has 0 bridgehead atoms. The maximum absolute atomic E-state index is 13.1. The second kappa shape index (κ2) is 7.20. The minimum absolute atomic E-state index is 0.0338. The van der Waals surface area contributed by atoms with Crippen LogP contribution in [-0.2, 0) is 0 Å². The Bertz CT molecular complexity index is 1100. The molecular weight excluding hydrogens is 372 g/mol. The molecule has 3 heterocycles. The first kappa shape index (κ1) is 18.9. The highest BCUT2D eigenvalue weighted by Crippen LogP contribution is 2.31. The lowest BCUT2D eigenvalue weighted by atomic mass is 10.0. The number of fused-ring (bicyclic) bond motifs is 1. The van der Waals surface area contributed by atoms with Crippen LogP contribution < -0.4 is 4.90 Å². The van der Waals surface area contributed by atoms with Crippen molar-refractivity contribution in [1.82, 2.24) is 9.88 Å². The molecule has 150 valence electrons. The van der Waals surface area contributed by atoms with Crippen LogP contribution in [0.15, 0.2) is 34.9 Å². The maximum atomic E-state index is 13.1. The standard InChI is InChI=1S/C21H22N4O4/c1-13-4-5-14(2)19-18(13)15(3)20(29-19)21(26)24-10-8-23(9-11-24)17-7-6-16(12-22-17)25(27)28/h4-7,12H,8-11H2,1-3H3. The average molecular weight is 394 g/mol. The van der Waals surface area contributed by atoms with Gasteiger partial charge in [-0.2, -0.15) is 0 Å². The van der Waals surface area contributed by atoms with Crippen LogP contribution in [-0.4, -0.2) is 46.9 Å². The number of pyridine rings is 1. The average Bonchev–Trinajstić information content (AvgIpc) is 3.09. The fourth-order valence-corrected chi connectivity index (χ4v) is 3.83. The van der Waals surface area contributed by atoms with Crippen LogP contribution in [0.5, 0.6) is 0 Å². The minimum Gasteiger partial charge on any atom is -0.450 e. The number of piperazine rings is 1. The van der Waals surface area contributed by atoms with Crippen LogP contribution in [0.2, 0.25) is 0 Å². The molecule has 1 amide bonds. The van der Waals surface area contributed by atoms with Crippen molar-refractivity contribution in [2.45, 2.75) is 20.8 Å². The van der Waals surface area contributed by atoms with Crippen LogP contribution in [0.25, 0.3) is 11.0 Å². The summed E-state index contributed by atoms with van der Waals surface area (Å²) < 4.78 is 5.99. The minimum atomic E-state index is -0.466. The van der Waals surface area contributed by atoms with Gasteiger partial charge in [0.05, 0.1) is 4.92 Å². The summed E-state index contributed by atoms with van der Waals surface area (Å²) in [5.41, 5.74) is 3.74. The summed E-state index contributed by atoms with van der Waals surface area (Å²) in [5.74, 6) is 0.974. The van der Waals surface area contributed by atoms with Gasteiger partial charge in [0.15, 0.2) is 5.76 Å². The lowest BCUT2D eigenvalue weighted by Gasteiger charge is -2.35. The molecule has 0 unspecified atom stereocenters. The van der Waals surface area contributed by atoms with Crippen molar-refractivity contribution in [1.29, 1.82) is 0 Å². The van der Waals surface area contributed by atoms with E-state index in [1.807, 2.05) is 37.8 Å². The van der Waals surface area contributed by atoms with Crippen LogP contribution in [0.4, 0.5) is 11.5 Å². The molecule has 2 aromatic heterocycles. The summed E-state index contributed by atoms with van der Waals surface area (Å²) in [7, 11) is 0. The fraction of sp³-hybridized carbons (Fsp3) is 0.333. The van der Waals surface area contributed by atoms with Gasteiger partial charge >= 0.3 is 0 Å². The quantitative estimate of drug-likeness (QED) is 0.498. The Morgan fingerprint density at radius 2 is 1.76 bits per heavy atom. The number of benzene rings is 1. The largest absolute Gasteiger partial charge is 0.450 e. The molecule has 0 aliphatic carbocycles. The highest BCUT2D eigenvalue weighted by molar-refractivity contribution is 6.00. The molecule has 1 saturated heterocycles. The van der Waals surface area contributed by atoms with E-state index in [1.165, 1.54) is 12.3 Å². The van der Waals surface area contributed by atoms with E-state index >= 15 is 0 Å². The van der Waals surface area contributed by atoms with Gasteiger partial charge in [-0.1, -0.05) is 12.1 Å². The van der Waals surface area contributed by atoms with Gasteiger partial charge in [0, 0.05) is 43.2 Å². The summed E-state index contributed by atoms with van der Waals surface area (Å²) in [6.45, 7) is 8.21. The van der Waals surface area contributed by atoms with E-state index in [1.54, 1.807) is 11.0 Å². The van der Waals surface area contributed by atoms with E-state index in [-0.39, 0.29) is 11.6 Å². The molecule has 29 heavy (non-hydrogen) atoms. The van der Waals surface area contributed by atoms with E-state index in [0.717, 1.165) is 27.7 Å². The lowest BCUT2D eigenvalue weighted by molar-refractivity contribution is -0.385. The molecule has 1 aromatic carbocycles. The molecule has 0 atom stereocenters. The zero-order valence-corrected chi connectivity index (χ0v) is 16.6. The third-order valence-corrected chi connectivity index (χ3v) is 5.51. The van der Waals surface area contributed by atoms with Crippen molar-refractivity contribution in [3.05, 3.63) is 63.0 Å². The molecule has 3 aromatic rings. The third kappa shape index (κ3) is 3.30. The number of rotatable bonds is 3. The summed E-state index contributed by atoms with van der Waals surface area (Å²) in [6, 6.07) is 7.14. The van der Waals surface area contributed by atoms with E-state index < -0.39 is 4.92 Å². The Morgan fingerprint density at radius 1 is 1.07 bits per heavy atom. The summed E-state index contributed by atoms with van der Waals surface area (Å²) in [5, 5.41) is 11.8. The summed E-state index contributed by atoms with van der Waals surface area (Å²) in [4.78, 5) is 31.4. The molecule has 0 radical (unpaired) electrons. The Morgan fingerprint density at radius 3 is 2.34 bits per heavy atom. The second-order valence-electron chi connectivity index (χ2n) is 7.37. The molecule has 1 aliphatic rings. The van der Waals surface area contributed by atoms with E-state index in [9.17, 15) is 14.9 Å². The van der Waals surface area contributed by atoms with Gasteiger partial charge in [0.1, 0.15) is 17.6 Å². The Kier molecular flexibility index (Phi) is 4.70. The number of furan rings is 1. The number of amides is 1. The second-order valence-corrected chi connectivity index (χ2v) is 7.37. The van der Waals surface area contributed by atoms with Crippen molar-refractivity contribution in [2.75, 3.05) is 31.1 Å². The summed E-state index contributed by atoms with van der Waals surface area (Å²) >= 11 is 0. The van der Waals surface area contributed by atoms with Gasteiger partial charge < -0.3 is 14.2 Å². The van der Waals surface area contributed by atoms with Gasteiger partial charge in [-0.3, -0.25) is 14.9 Å². The highest BCUT2D eigenvalue weighted by atomic mass is 16.6. The molecule has 0 saturated carbocycles. The third-order valence-electron chi connectivity index (χ3n) is 5.51. The topological polar surface area (TPSA) is 92.7 Å². The number of carbonyl (C=O) groups excluding carboxylic acids is 1. The number of nitro groups is 1. The molecule has 1 aliphatic heterocycles. The molecule has 8 nitrogen and oxygen atoms in total. The molecular formula is C21H22N4O4. The Hall–Kier alpha value is -3.42. The van der Waals surface area contributed by atoms with Crippen molar-refractivity contribution in [2.24, 2.45) is 0 Å². The molecule has 8 heteroatoms. The van der Waals surface area contributed by atoms with Gasteiger partial charge in [0.25, 0.3) is 11.6 Å². The van der Waals surface area contributed by atoms with E-state index in [4.69, 9.17) is 4.42 Å². The van der Waals surface area contributed by atoms with Crippen LogP contribution in [0.3, 0.4) is 0 Å². The normalized spacial score (nSPS) is 14.4. The Balaban J connectivity index is 1.50. The van der Waals surface area contributed by atoms with Gasteiger partial charge in [-0.25, -0.2) is 4.98 Å². The summed E-state index contributed by atoms with van der Waals surface area (Å²) in [6.07, 6.45) is 1.26. The zero-order valence-electron chi connectivity index (χ0n) is 16.6. The molecule has 1 fully saturated rings.